The molecule has 2 aromatic rings. The van der Waals surface area contributed by atoms with Crippen LogP contribution in [0.4, 0.5) is 15.3 Å². The zero-order chi connectivity index (χ0) is 32.9. The highest BCUT2D eigenvalue weighted by atomic mass is 16.2. The van der Waals surface area contributed by atoms with Gasteiger partial charge >= 0.3 is 12.1 Å². The van der Waals surface area contributed by atoms with Gasteiger partial charge in [0.2, 0.25) is 5.91 Å². The lowest BCUT2D eigenvalue weighted by Gasteiger charge is -2.43. The Balaban J connectivity index is 1.17. The van der Waals surface area contributed by atoms with Crippen molar-refractivity contribution < 1.29 is 14.4 Å². The minimum absolute atomic E-state index is 0.00896. The predicted octanol–water partition coefficient (Wildman–Crippen LogP) is 4.32. The molecule has 1 unspecified atom stereocenters. The minimum atomic E-state index is -0.681. The smallest absolute Gasteiger partial charge is 0.323 e. The first-order chi connectivity index (χ1) is 22.8. The monoisotopic (exact) mass is 643 g/mol. The third-order valence-corrected chi connectivity index (χ3v) is 10.9. The fourth-order valence-corrected chi connectivity index (χ4v) is 7.91. The van der Waals surface area contributed by atoms with E-state index in [1.165, 1.54) is 11.1 Å². The number of piperazine rings is 1. The van der Waals surface area contributed by atoms with E-state index in [-0.39, 0.29) is 24.1 Å². The second-order valence-electron chi connectivity index (χ2n) is 13.9. The van der Waals surface area contributed by atoms with Gasteiger partial charge in [-0.2, -0.15) is 0 Å². The summed E-state index contributed by atoms with van der Waals surface area (Å²) in [5.41, 5.74) is 5.49. The Morgan fingerprint density at radius 3 is 2.47 bits per heavy atom. The summed E-state index contributed by atoms with van der Waals surface area (Å²) in [6.07, 6.45) is 6.17. The first kappa shape index (κ1) is 33.3. The van der Waals surface area contributed by atoms with Crippen LogP contribution in [0.5, 0.6) is 0 Å². The first-order valence-electron chi connectivity index (χ1n) is 17.8. The number of carbonyl (C=O) groups is 3. The molecule has 3 fully saturated rings. The summed E-state index contributed by atoms with van der Waals surface area (Å²) in [7, 11) is 2.18. The average molecular weight is 644 g/mol. The summed E-state index contributed by atoms with van der Waals surface area (Å²) in [6.45, 7) is 11.1. The number of carbonyl (C=O) groups excluding carboxylic acids is 3. The SMILES string of the molecule is CCc1cc(C[C@@H](NC(=O)N2CCCCC2N2CCc3ccccc3NC2=O)C(=O)N2CCC(N3CCN(C)CC3)CC2)ccc1C. The van der Waals surface area contributed by atoms with E-state index in [1.807, 2.05) is 34.1 Å². The maximum atomic E-state index is 14.3. The minimum Gasteiger partial charge on any atom is -0.341 e. The van der Waals surface area contributed by atoms with Gasteiger partial charge in [-0.25, -0.2) is 9.59 Å². The standard InChI is InChI=1S/C37H53N7O3/c1-4-29-25-28(13-12-27(29)2)26-33(35(45)42-18-15-31(16-19-42)41-23-21-40(3)22-24-41)39-37(47)43-17-8-7-11-34(43)44-20-14-30-9-5-6-10-32(30)38-36(44)46/h5-6,9-10,12-13,25,31,33-34H,4,7-8,11,14-24,26H2,1-3H3,(H,38,46)(H,39,47)/t33-,34?/m1/s1. The Kier molecular flexibility index (Phi) is 10.7. The number of likely N-dealkylation sites (tertiary alicyclic amines) is 2. The molecule has 5 amide bonds. The van der Waals surface area contributed by atoms with E-state index in [0.29, 0.717) is 45.1 Å². The molecule has 0 aromatic heterocycles. The number of nitrogens with one attached hydrogen (secondary N) is 2. The number of fused-ring (bicyclic) bond motifs is 1. The van der Waals surface area contributed by atoms with Gasteiger partial charge in [0, 0.05) is 70.5 Å². The average Bonchev–Trinajstić information content (AvgIpc) is 3.26. The Labute approximate surface area is 280 Å². The molecule has 3 saturated heterocycles. The summed E-state index contributed by atoms with van der Waals surface area (Å²) < 4.78 is 0. The molecule has 10 nitrogen and oxygen atoms in total. The summed E-state index contributed by atoms with van der Waals surface area (Å²) in [6, 6.07) is 13.7. The number of hydrogen-bond donors (Lipinski definition) is 2. The maximum absolute atomic E-state index is 14.3. The van der Waals surface area contributed by atoms with Crippen molar-refractivity contribution in [3.05, 3.63) is 64.7 Å². The van der Waals surface area contributed by atoms with Gasteiger partial charge in [-0.05, 0) is 87.2 Å². The van der Waals surface area contributed by atoms with E-state index in [2.05, 4.69) is 59.5 Å². The van der Waals surface area contributed by atoms with Crippen molar-refractivity contribution in [3.8, 4) is 0 Å². The van der Waals surface area contributed by atoms with Crippen LogP contribution < -0.4 is 10.6 Å². The highest BCUT2D eigenvalue weighted by Gasteiger charge is 2.38. The molecule has 0 bridgehead atoms. The Morgan fingerprint density at radius 2 is 1.70 bits per heavy atom. The molecule has 2 aromatic carbocycles. The molecule has 6 rings (SSSR count). The fourth-order valence-electron chi connectivity index (χ4n) is 7.91. The Morgan fingerprint density at radius 1 is 0.936 bits per heavy atom. The number of piperidine rings is 2. The molecule has 2 atom stereocenters. The van der Waals surface area contributed by atoms with Crippen LogP contribution in [0.1, 0.15) is 61.3 Å². The number of anilines is 1. The Hall–Kier alpha value is -3.63. The zero-order valence-corrected chi connectivity index (χ0v) is 28.5. The molecule has 4 aliphatic rings. The van der Waals surface area contributed by atoms with Gasteiger partial charge in [-0.3, -0.25) is 9.69 Å². The van der Waals surface area contributed by atoms with Crippen molar-refractivity contribution in [1.82, 2.24) is 29.8 Å². The molecule has 4 aliphatic heterocycles. The fraction of sp³-hybridized carbons (Fsp3) is 0.595. The number of amides is 5. The van der Waals surface area contributed by atoms with E-state index in [0.717, 1.165) is 81.5 Å². The number of benzene rings is 2. The van der Waals surface area contributed by atoms with E-state index in [1.54, 1.807) is 4.90 Å². The summed E-state index contributed by atoms with van der Waals surface area (Å²) in [5.74, 6) is -0.00896. The van der Waals surface area contributed by atoms with E-state index in [9.17, 15) is 14.4 Å². The molecule has 254 valence electrons. The lowest BCUT2D eigenvalue weighted by molar-refractivity contribution is -0.135. The number of urea groups is 2. The quantitative estimate of drug-likeness (QED) is 0.469. The number of hydrogen-bond acceptors (Lipinski definition) is 5. The molecule has 47 heavy (non-hydrogen) atoms. The number of likely N-dealkylation sites (N-methyl/N-ethyl adjacent to an activating group) is 1. The lowest BCUT2D eigenvalue weighted by atomic mass is 9.97. The molecule has 0 spiro atoms. The number of rotatable bonds is 7. The highest BCUT2D eigenvalue weighted by molar-refractivity contribution is 5.92. The van der Waals surface area contributed by atoms with Crippen LogP contribution >= 0.6 is 0 Å². The lowest BCUT2D eigenvalue weighted by Crippen LogP contribution is -2.61. The molecule has 0 radical (unpaired) electrons. The van der Waals surface area contributed by atoms with Crippen LogP contribution in [0.3, 0.4) is 0 Å². The van der Waals surface area contributed by atoms with Crippen molar-refractivity contribution in [3.63, 3.8) is 0 Å². The topological polar surface area (TPSA) is 91.5 Å². The number of nitrogens with zero attached hydrogens (tertiary/aromatic N) is 5. The normalized spacial score (nSPS) is 22.3. The van der Waals surface area contributed by atoms with Gasteiger partial charge in [-0.1, -0.05) is 43.3 Å². The molecular weight excluding hydrogens is 590 g/mol. The zero-order valence-electron chi connectivity index (χ0n) is 28.5. The third kappa shape index (κ3) is 7.75. The van der Waals surface area contributed by atoms with Crippen molar-refractivity contribution in [1.29, 1.82) is 0 Å². The van der Waals surface area contributed by atoms with E-state index < -0.39 is 6.04 Å². The van der Waals surface area contributed by atoms with Crippen LogP contribution in [0, 0.1) is 6.92 Å². The van der Waals surface area contributed by atoms with Gasteiger partial charge in [0.1, 0.15) is 12.2 Å². The van der Waals surface area contributed by atoms with Crippen LogP contribution in [-0.4, -0.2) is 120 Å². The molecule has 10 heteroatoms. The highest BCUT2D eigenvalue weighted by Crippen LogP contribution is 2.27. The first-order valence-corrected chi connectivity index (χ1v) is 17.8. The third-order valence-electron chi connectivity index (χ3n) is 10.9. The van der Waals surface area contributed by atoms with Crippen molar-refractivity contribution in [2.24, 2.45) is 0 Å². The predicted molar refractivity (Wildman–Crippen MR) is 185 cm³/mol. The number of para-hydroxylation sites is 1. The van der Waals surface area contributed by atoms with Gasteiger partial charge in [0.15, 0.2) is 0 Å². The summed E-state index contributed by atoms with van der Waals surface area (Å²) in [5, 5.41) is 6.27. The van der Waals surface area contributed by atoms with Crippen LogP contribution in [0.25, 0.3) is 0 Å². The van der Waals surface area contributed by atoms with Gasteiger partial charge in [0.25, 0.3) is 0 Å². The van der Waals surface area contributed by atoms with Crippen molar-refractivity contribution in [2.75, 3.05) is 64.7 Å². The molecule has 0 aliphatic carbocycles. The largest absolute Gasteiger partial charge is 0.341 e. The maximum Gasteiger partial charge on any atom is 0.323 e. The van der Waals surface area contributed by atoms with Crippen molar-refractivity contribution in [2.45, 2.75) is 83.5 Å². The summed E-state index contributed by atoms with van der Waals surface area (Å²) in [4.78, 5) is 52.5. The van der Waals surface area contributed by atoms with Gasteiger partial charge in [0.05, 0.1) is 0 Å². The van der Waals surface area contributed by atoms with Crippen molar-refractivity contribution >= 4 is 23.7 Å². The Bertz CT molecular complexity index is 1420. The summed E-state index contributed by atoms with van der Waals surface area (Å²) >= 11 is 0. The van der Waals surface area contributed by atoms with Crippen LogP contribution in [0.15, 0.2) is 42.5 Å². The number of aryl methyl sites for hydroxylation is 2. The second kappa shape index (κ2) is 15.1. The molecule has 4 heterocycles. The molecule has 0 saturated carbocycles. The molecule has 2 N–H and O–H groups in total. The van der Waals surface area contributed by atoms with Crippen LogP contribution in [-0.2, 0) is 24.1 Å². The van der Waals surface area contributed by atoms with E-state index in [4.69, 9.17) is 0 Å². The molecular formula is C37H53N7O3. The van der Waals surface area contributed by atoms with E-state index >= 15 is 0 Å². The van der Waals surface area contributed by atoms with Crippen LogP contribution in [0.2, 0.25) is 0 Å². The van der Waals surface area contributed by atoms with Gasteiger partial charge in [-0.15, -0.1) is 0 Å². The van der Waals surface area contributed by atoms with Gasteiger partial charge < -0.3 is 30.2 Å². The second-order valence-corrected chi connectivity index (χ2v) is 13.9.